The Labute approximate surface area is 158 Å². The molecule has 5 nitrogen and oxygen atoms in total. The molecule has 6 heteroatoms. The molecular formula is C21H19O5P. The van der Waals surface area contributed by atoms with Gasteiger partial charge in [-0.05, 0) is 42.0 Å². The van der Waals surface area contributed by atoms with Gasteiger partial charge in [-0.25, -0.2) is 0 Å². The van der Waals surface area contributed by atoms with E-state index >= 15 is 0 Å². The Balaban J connectivity index is 1.85. The highest BCUT2D eigenvalue weighted by Gasteiger charge is 2.33. The van der Waals surface area contributed by atoms with E-state index in [1.165, 1.54) is 6.08 Å². The van der Waals surface area contributed by atoms with Crippen LogP contribution >= 0.6 is 7.82 Å². The fraction of sp³-hybridized carbons (Fsp3) is 0.0476. The monoisotopic (exact) mass is 382 g/mol. The van der Waals surface area contributed by atoms with Crippen LogP contribution in [0.3, 0.4) is 0 Å². The van der Waals surface area contributed by atoms with Crippen molar-refractivity contribution >= 4 is 7.82 Å². The van der Waals surface area contributed by atoms with Gasteiger partial charge in [0.25, 0.3) is 0 Å². The van der Waals surface area contributed by atoms with Crippen molar-refractivity contribution in [2.75, 3.05) is 0 Å². The fourth-order valence-electron chi connectivity index (χ4n) is 2.27. The number of aliphatic hydroxyl groups is 1. The Bertz CT molecular complexity index is 865. The van der Waals surface area contributed by atoms with E-state index in [1.54, 1.807) is 72.8 Å². The molecule has 0 aliphatic heterocycles. The summed E-state index contributed by atoms with van der Waals surface area (Å²) in [6, 6.07) is 23.8. The highest BCUT2D eigenvalue weighted by Crippen LogP contribution is 2.49. The van der Waals surface area contributed by atoms with E-state index in [0.717, 1.165) is 0 Å². The second kappa shape index (κ2) is 8.58. The average Bonchev–Trinajstić information content (AvgIpc) is 2.69. The van der Waals surface area contributed by atoms with Crippen LogP contribution in [0, 0.1) is 0 Å². The lowest BCUT2D eigenvalue weighted by Crippen LogP contribution is -2.07. The van der Waals surface area contributed by atoms with Crippen molar-refractivity contribution in [3.05, 3.63) is 103 Å². The van der Waals surface area contributed by atoms with Gasteiger partial charge in [-0.3, -0.25) is 0 Å². The average molecular weight is 382 g/mol. The number of aliphatic hydroxyl groups excluding tert-OH is 1. The van der Waals surface area contributed by atoms with E-state index in [9.17, 15) is 9.67 Å². The molecule has 0 saturated carbocycles. The molecule has 0 fully saturated rings. The van der Waals surface area contributed by atoms with Gasteiger partial charge in [-0.2, -0.15) is 4.57 Å². The van der Waals surface area contributed by atoms with Crippen LogP contribution in [0.25, 0.3) is 0 Å². The lowest BCUT2D eigenvalue weighted by atomic mass is 10.1. The topological polar surface area (TPSA) is 65.0 Å². The van der Waals surface area contributed by atoms with E-state index in [1.807, 2.05) is 12.1 Å². The molecule has 3 aromatic carbocycles. The van der Waals surface area contributed by atoms with Crippen molar-refractivity contribution in [1.82, 2.24) is 0 Å². The molecule has 0 bridgehead atoms. The SMILES string of the molecule is C=CC(O)c1ccc(OP(=O)(Oc2ccccc2)Oc2ccccc2)cc1. The number of phosphoric ester groups is 1. The molecule has 1 unspecified atom stereocenters. The molecule has 1 N–H and O–H groups in total. The number of para-hydroxylation sites is 2. The first-order chi connectivity index (χ1) is 13.1. The minimum atomic E-state index is -4.01. The van der Waals surface area contributed by atoms with Crippen LogP contribution in [0.2, 0.25) is 0 Å². The lowest BCUT2D eigenvalue weighted by Gasteiger charge is -2.19. The third-order valence-corrected chi connectivity index (χ3v) is 4.89. The van der Waals surface area contributed by atoms with Crippen LogP contribution in [-0.2, 0) is 4.57 Å². The van der Waals surface area contributed by atoms with Gasteiger partial charge in [-0.15, -0.1) is 6.58 Å². The molecule has 138 valence electrons. The van der Waals surface area contributed by atoms with Gasteiger partial charge in [0.15, 0.2) is 0 Å². The second-order valence-corrected chi connectivity index (χ2v) is 7.04. The number of hydrogen-bond acceptors (Lipinski definition) is 5. The molecule has 0 aliphatic carbocycles. The first-order valence-electron chi connectivity index (χ1n) is 8.27. The summed E-state index contributed by atoms with van der Waals surface area (Å²) in [6.07, 6.45) is 0.629. The zero-order valence-electron chi connectivity index (χ0n) is 14.5. The number of rotatable bonds is 8. The van der Waals surface area contributed by atoms with E-state index in [-0.39, 0.29) is 5.75 Å². The zero-order valence-corrected chi connectivity index (χ0v) is 15.4. The molecule has 0 radical (unpaired) electrons. The van der Waals surface area contributed by atoms with Gasteiger partial charge < -0.3 is 18.7 Å². The van der Waals surface area contributed by atoms with E-state index < -0.39 is 13.9 Å². The van der Waals surface area contributed by atoms with Crippen LogP contribution in [0.15, 0.2) is 97.6 Å². The maximum atomic E-state index is 13.3. The van der Waals surface area contributed by atoms with E-state index in [0.29, 0.717) is 17.1 Å². The quantitative estimate of drug-likeness (QED) is 0.409. The summed E-state index contributed by atoms with van der Waals surface area (Å²) in [5.41, 5.74) is 0.639. The lowest BCUT2D eigenvalue weighted by molar-refractivity contribution is 0.229. The van der Waals surface area contributed by atoms with Gasteiger partial charge in [0.1, 0.15) is 17.2 Å². The normalized spacial score (nSPS) is 12.0. The first kappa shape index (κ1) is 18.8. The van der Waals surface area contributed by atoms with Crippen molar-refractivity contribution in [1.29, 1.82) is 0 Å². The molecule has 0 amide bonds. The summed E-state index contributed by atoms with van der Waals surface area (Å²) in [5.74, 6) is 0.996. The summed E-state index contributed by atoms with van der Waals surface area (Å²) >= 11 is 0. The minimum Gasteiger partial charge on any atom is -0.386 e. The summed E-state index contributed by atoms with van der Waals surface area (Å²) in [5, 5.41) is 9.78. The van der Waals surface area contributed by atoms with Crippen molar-refractivity contribution in [3.8, 4) is 17.2 Å². The Morgan fingerprint density at radius 3 is 1.56 bits per heavy atom. The van der Waals surface area contributed by atoms with Crippen molar-refractivity contribution in [2.45, 2.75) is 6.10 Å². The van der Waals surface area contributed by atoms with Gasteiger partial charge >= 0.3 is 7.82 Å². The Morgan fingerprint density at radius 2 is 1.15 bits per heavy atom. The van der Waals surface area contributed by atoms with Crippen LogP contribution in [0.5, 0.6) is 17.2 Å². The predicted molar refractivity (Wildman–Crippen MR) is 104 cm³/mol. The van der Waals surface area contributed by atoms with Crippen molar-refractivity contribution in [2.24, 2.45) is 0 Å². The maximum Gasteiger partial charge on any atom is 0.647 e. The van der Waals surface area contributed by atoms with Crippen molar-refractivity contribution < 1.29 is 23.2 Å². The van der Waals surface area contributed by atoms with Gasteiger partial charge in [0, 0.05) is 0 Å². The third-order valence-electron chi connectivity index (χ3n) is 3.58. The first-order valence-corrected chi connectivity index (χ1v) is 9.73. The van der Waals surface area contributed by atoms with Crippen LogP contribution in [0.4, 0.5) is 0 Å². The fourth-order valence-corrected chi connectivity index (χ4v) is 3.52. The van der Waals surface area contributed by atoms with Crippen LogP contribution in [-0.4, -0.2) is 5.11 Å². The van der Waals surface area contributed by atoms with Gasteiger partial charge in [-0.1, -0.05) is 54.6 Å². The molecule has 3 aromatic rings. The Hall–Kier alpha value is -3.01. The Morgan fingerprint density at radius 1 is 0.741 bits per heavy atom. The van der Waals surface area contributed by atoms with Crippen LogP contribution in [0.1, 0.15) is 11.7 Å². The molecule has 27 heavy (non-hydrogen) atoms. The molecule has 0 aliphatic rings. The highest BCUT2D eigenvalue weighted by atomic mass is 31.2. The summed E-state index contributed by atoms with van der Waals surface area (Å²) in [7, 11) is -4.01. The molecular weight excluding hydrogens is 363 g/mol. The summed E-state index contributed by atoms with van der Waals surface area (Å²) in [6.45, 7) is 3.55. The molecule has 3 rings (SSSR count). The molecule has 1 atom stereocenters. The standard InChI is InChI=1S/C21H19O5P/c1-2-21(22)17-13-15-20(16-14-17)26-27(23,24-18-9-5-3-6-10-18)25-19-11-7-4-8-12-19/h2-16,21-22H,1H2. The second-order valence-electron chi connectivity index (χ2n) is 5.60. The third kappa shape index (κ3) is 5.23. The van der Waals surface area contributed by atoms with Gasteiger partial charge in [0.2, 0.25) is 0 Å². The Kier molecular flexibility index (Phi) is 5.97. The summed E-state index contributed by atoms with van der Waals surface area (Å²) in [4.78, 5) is 0. The number of phosphoric acid groups is 1. The van der Waals surface area contributed by atoms with Crippen molar-refractivity contribution in [3.63, 3.8) is 0 Å². The van der Waals surface area contributed by atoms with Gasteiger partial charge in [0.05, 0.1) is 6.10 Å². The zero-order chi connectivity index (χ0) is 19.1. The van der Waals surface area contributed by atoms with E-state index in [4.69, 9.17) is 13.6 Å². The predicted octanol–water partition coefficient (Wildman–Crippen LogP) is 5.55. The molecule has 0 heterocycles. The smallest absolute Gasteiger partial charge is 0.386 e. The molecule has 0 spiro atoms. The van der Waals surface area contributed by atoms with E-state index in [2.05, 4.69) is 6.58 Å². The highest BCUT2D eigenvalue weighted by molar-refractivity contribution is 7.49. The minimum absolute atomic E-state index is 0.283. The number of hydrogen-bond donors (Lipinski definition) is 1. The maximum absolute atomic E-state index is 13.3. The largest absolute Gasteiger partial charge is 0.647 e. The summed E-state index contributed by atoms with van der Waals surface area (Å²) < 4.78 is 30.0. The molecule has 0 saturated heterocycles. The number of benzene rings is 3. The van der Waals surface area contributed by atoms with Crippen LogP contribution < -0.4 is 13.6 Å². The molecule has 0 aromatic heterocycles.